The highest BCUT2D eigenvalue weighted by Crippen LogP contribution is 2.10. The Balaban J connectivity index is 2.55. The van der Waals surface area contributed by atoms with Gasteiger partial charge >= 0.3 is 0 Å². The Morgan fingerprint density at radius 2 is 2.36 bits per heavy atom. The molecule has 1 amide bonds. The van der Waals surface area contributed by atoms with E-state index in [1.54, 1.807) is 6.20 Å². The molecule has 0 aliphatic rings. The second-order valence-electron chi connectivity index (χ2n) is 3.60. The monoisotopic (exact) mass is 195 g/mol. The summed E-state index contributed by atoms with van der Waals surface area (Å²) in [5.41, 5.74) is 0.775. The van der Waals surface area contributed by atoms with Crippen molar-refractivity contribution in [3.8, 4) is 0 Å². The molecule has 0 bridgehead atoms. The van der Waals surface area contributed by atoms with Crippen molar-refractivity contribution >= 4 is 11.6 Å². The minimum Gasteiger partial charge on any atom is -0.323 e. The highest BCUT2D eigenvalue weighted by molar-refractivity contribution is 5.90. The van der Waals surface area contributed by atoms with E-state index in [9.17, 15) is 4.79 Å². The Morgan fingerprint density at radius 1 is 1.64 bits per heavy atom. The van der Waals surface area contributed by atoms with E-state index in [0.29, 0.717) is 12.5 Å². The molecular formula is C10H17N3O. The summed E-state index contributed by atoms with van der Waals surface area (Å²) in [6.07, 6.45) is 4.95. The smallest absolute Gasteiger partial charge is 0.224 e. The van der Waals surface area contributed by atoms with Gasteiger partial charge in [0.05, 0.1) is 11.9 Å². The van der Waals surface area contributed by atoms with E-state index in [0.717, 1.165) is 12.1 Å². The molecule has 78 valence electrons. The largest absolute Gasteiger partial charge is 0.323 e. The molecule has 0 aliphatic heterocycles. The maximum atomic E-state index is 11.2. The lowest BCUT2D eigenvalue weighted by Crippen LogP contribution is -2.10. The lowest BCUT2D eigenvalue weighted by atomic mass is 10.3. The van der Waals surface area contributed by atoms with Crippen molar-refractivity contribution in [2.24, 2.45) is 0 Å². The molecule has 1 heterocycles. The van der Waals surface area contributed by atoms with Crippen molar-refractivity contribution in [3.63, 3.8) is 0 Å². The summed E-state index contributed by atoms with van der Waals surface area (Å²) in [6.45, 7) is 6.08. The number of aromatic nitrogens is 2. The normalized spacial score (nSPS) is 10.6. The summed E-state index contributed by atoms with van der Waals surface area (Å²) >= 11 is 0. The lowest BCUT2D eigenvalue weighted by molar-refractivity contribution is -0.116. The summed E-state index contributed by atoms with van der Waals surface area (Å²) in [4.78, 5) is 11.2. The third-order valence-electron chi connectivity index (χ3n) is 1.89. The number of hydrogen-bond donors (Lipinski definition) is 1. The van der Waals surface area contributed by atoms with Crippen LogP contribution in [0.2, 0.25) is 0 Å². The van der Waals surface area contributed by atoms with Gasteiger partial charge in [0.25, 0.3) is 0 Å². The van der Waals surface area contributed by atoms with Crippen molar-refractivity contribution < 1.29 is 4.79 Å². The standard InChI is InChI=1S/C10H17N3O/c1-4-5-10(14)12-9-6-11-13(7-9)8(2)3/h6-8H,4-5H2,1-3H3,(H,12,14). The number of hydrogen-bond acceptors (Lipinski definition) is 2. The van der Waals surface area contributed by atoms with E-state index < -0.39 is 0 Å². The fourth-order valence-corrected chi connectivity index (χ4v) is 1.14. The first-order valence-electron chi connectivity index (χ1n) is 4.97. The van der Waals surface area contributed by atoms with Gasteiger partial charge in [-0.05, 0) is 20.3 Å². The molecule has 1 N–H and O–H groups in total. The minimum absolute atomic E-state index is 0.0517. The molecular weight excluding hydrogens is 178 g/mol. The summed E-state index contributed by atoms with van der Waals surface area (Å²) in [6, 6.07) is 0.326. The fourth-order valence-electron chi connectivity index (χ4n) is 1.14. The van der Waals surface area contributed by atoms with Gasteiger partial charge in [0.1, 0.15) is 0 Å². The molecule has 0 fully saturated rings. The first kappa shape index (κ1) is 10.8. The molecule has 4 heteroatoms. The number of nitrogens with zero attached hydrogens (tertiary/aromatic N) is 2. The molecule has 0 unspecified atom stereocenters. The zero-order chi connectivity index (χ0) is 10.6. The quantitative estimate of drug-likeness (QED) is 0.800. The van der Waals surface area contributed by atoms with Crippen LogP contribution in [0.15, 0.2) is 12.4 Å². The van der Waals surface area contributed by atoms with Crippen molar-refractivity contribution in [2.45, 2.75) is 39.7 Å². The van der Waals surface area contributed by atoms with Gasteiger partial charge in [0.15, 0.2) is 0 Å². The Hall–Kier alpha value is -1.32. The number of amides is 1. The SMILES string of the molecule is CCCC(=O)Nc1cnn(C(C)C)c1. The van der Waals surface area contributed by atoms with Crippen LogP contribution in [-0.4, -0.2) is 15.7 Å². The molecule has 4 nitrogen and oxygen atoms in total. The molecule has 0 saturated heterocycles. The van der Waals surface area contributed by atoms with Gasteiger partial charge in [0, 0.05) is 18.7 Å². The maximum absolute atomic E-state index is 11.2. The number of carbonyl (C=O) groups is 1. The van der Waals surface area contributed by atoms with E-state index in [2.05, 4.69) is 10.4 Å². The van der Waals surface area contributed by atoms with E-state index in [4.69, 9.17) is 0 Å². The van der Waals surface area contributed by atoms with Crippen LogP contribution in [0.3, 0.4) is 0 Å². The second kappa shape index (κ2) is 4.79. The van der Waals surface area contributed by atoms with Gasteiger partial charge in [0.2, 0.25) is 5.91 Å². The summed E-state index contributed by atoms with van der Waals surface area (Å²) < 4.78 is 1.82. The van der Waals surface area contributed by atoms with Gasteiger partial charge in [-0.2, -0.15) is 5.10 Å². The molecule has 0 atom stereocenters. The molecule has 14 heavy (non-hydrogen) atoms. The van der Waals surface area contributed by atoms with Crippen molar-refractivity contribution in [2.75, 3.05) is 5.32 Å². The van der Waals surface area contributed by atoms with Crippen LogP contribution in [0.25, 0.3) is 0 Å². The molecule has 0 aliphatic carbocycles. The fraction of sp³-hybridized carbons (Fsp3) is 0.600. The zero-order valence-corrected chi connectivity index (χ0v) is 8.95. The zero-order valence-electron chi connectivity index (χ0n) is 8.95. The summed E-state index contributed by atoms with van der Waals surface area (Å²) in [5, 5.41) is 6.93. The average Bonchev–Trinajstić information content (AvgIpc) is 2.53. The predicted molar refractivity (Wildman–Crippen MR) is 56.1 cm³/mol. The highest BCUT2D eigenvalue weighted by atomic mass is 16.1. The van der Waals surface area contributed by atoms with Crippen LogP contribution >= 0.6 is 0 Å². The second-order valence-corrected chi connectivity index (χ2v) is 3.60. The Bertz CT molecular complexity index is 304. The number of carbonyl (C=O) groups excluding carboxylic acids is 1. The molecule has 0 saturated carbocycles. The summed E-state index contributed by atoms with van der Waals surface area (Å²) in [5.74, 6) is 0.0517. The molecule has 0 radical (unpaired) electrons. The van der Waals surface area contributed by atoms with E-state index >= 15 is 0 Å². The van der Waals surface area contributed by atoms with Crippen LogP contribution < -0.4 is 5.32 Å². The minimum atomic E-state index is 0.0517. The highest BCUT2D eigenvalue weighted by Gasteiger charge is 2.04. The van der Waals surface area contributed by atoms with E-state index in [1.165, 1.54) is 0 Å². The molecule has 1 rings (SSSR count). The van der Waals surface area contributed by atoms with Crippen LogP contribution in [0, 0.1) is 0 Å². The van der Waals surface area contributed by atoms with Gasteiger partial charge in [-0.15, -0.1) is 0 Å². The number of anilines is 1. The number of rotatable bonds is 4. The molecule has 0 spiro atoms. The van der Waals surface area contributed by atoms with Gasteiger partial charge in [-0.3, -0.25) is 9.48 Å². The van der Waals surface area contributed by atoms with E-state index in [-0.39, 0.29) is 5.91 Å². The topological polar surface area (TPSA) is 46.9 Å². The van der Waals surface area contributed by atoms with Crippen LogP contribution in [-0.2, 0) is 4.79 Å². The maximum Gasteiger partial charge on any atom is 0.224 e. The average molecular weight is 195 g/mol. The third kappa shape index (κ3) is 2.87. The number of nitrogens with one attached hydrogen (secondary N) is 1. The van der Waals surface area contributed by atoms with Crippen LogP contribution in [0.5, 0.6) is 0 Å². The first-order chi connectivity index (χ1) is 6.63. The van der Waals surface area contributed by atoms with Gasteiger partial charge in [-0.1, -0.05) is 6.92 Å². The first-order valence-corrected chi connectivity index (χ1v) is 4.97. The third-order valence-corrected chi connectivity index (χ3v) is 1.89. The molecule has 1 aromatic rings. The van der Waals surface area contributed by atoms with Crippen LogP contribution in [0.4, 0.5) is 5.69 Å². The Morgan fingerprint density at radius 3 is 2.86 bits per heavy atom. The molecule has 1 aromatic heterocycles. The van der Waals surface area contributed by atoms with Crippen LogP contribution in [0.1, 0.15) is 39.7 Å². The van der Waals surface area contributed by atoms with Crippen molar-refractivity contribution in [1.29, 1.82) is 0 Å². The van der Waals surface area contributed by atoms with Gasteiger partial charge in [-0.25, -0.2) is 0 Å². The Labute approximate surface area is 84.3 Å². The summed E-state index contributed by atoms with van der Waals surface area (Å²) in [7, 11) is 0. The van der Waals surface area contributed by atoms with E-state index in [1.807, 2.05) is 31.6 Å². The van der Waals surface area contributed by atoms with Crippen molar-refractivity contribution in [1.82, 2.24) is 9.78 Å². The Kier molecular flexibility index (Phi) is 3.68. The van der Waals surface area contributed by atoms with Crippen molar-refractivity contribution in [3.05, 3.63) is 12.4 Å². The van der Waals surface area contributed by atoms with Gasteiger partial charge < -0.3 is 5.32 Å². The lowest BCUT2D eigenvalue weighted by Gasteiger charge is -2.03. The predicted octanol–water partition coefficient (Wildman–Crippen LogP) is 2.20. The molecule has 0 aromatic carbocycles.